The fourth-order valence-electron chi connectivity index (χ4n) is 2.39. The van der Waals surface area contributed by atoms with E-state index in [2.05, 4.69) is 39.4 Å². The summed E-state index contributed by atoms with van der Waals surface area (Å²) in [7, 11) is 0. The van der Waals surface area contributed by atoms with Crippen LogP contribution < -0.4 is 5.32 Å². The highest BCUT2D eigenvalue weighted by molar-refractivity contribution is 9.10. The minimum Gasteiger partial charge on any atom is -0.481 e. The van der Waals surface area contributed by atoms with Crippen molar-refractivity contribution in [2.75, 3.05) is 6.54 Å². The molecule has 0 bridgehead atoms. The Balaban J connectivity index is 1.68. The first-order valence-corrected chi connectivity index (χ1v) is 7.15. The molecule has 1 aromatic rings. The third-order valence-electron chi connectivity index (χ3n) is 3.48. The maximum atomic E-state index is 10.4. The Bertz CT molecular complexity index is 416. The third kappa shape index (κ3) is 3.56. The Morgan fingerprint density at radius 3 is 2.78 bits per heavy atom. The van der Waals surface area contributed by atoms with Gasteiger partial charge in [-0.3, -0.25) is 4.79 Å². The number of carbonyl (C=O) groups is 1. The lowest BCUT2D eigenvalue weighted by Gasteiger charge is -2.37. The first-order chi connectivity index (χ1) is 8.66. The van der Waals surface area contributed by atoms with E-state index in [1.165, 1.54) is 10.0 Å². The molecule has 1 saturated carbocycles. The molecule has 0 radical (unpaired) electrons. The summed E-state index contributed by atoms with van der Waals surface area (Å²) in [6.07, 6.45) is 3.27. The fourth-order valence-corrected chi connectivity index (χ4v) is 3.00. The van der Waals surface area contributed by atoms with E-state index in [9.17, 15) is 4.79 Å². The van der Waals surface area contributed by atoms with Gasteiger partial charge < -0.3 is 10.4 Å². The standard InChI is InChI=1S/C14H18BrNO2/c15-13-5-2-1-4-12(13)10-8-11(9-10)16-7-3-6-14(17)18/h1-2,4-5,10-11,16H,3,6-9H2,(H,17,18). The first kappa shape index (κ1) is 13.6. The number of rotatable bonds is 6. The van der Waals surface area contributed by atoms with Gasteiger partial charge in [-0.25, -0.2) is 0 Å². The topological polar surface area (TPSA) is 49.3 Å². The third-order valence-corrected chi connectivity index (χ3v) is 4.21. The largest absolute Gasteiger partial charge is 0.481 e. The highest BCUT2D eigenvalue weighted by Gasteiger charge is 2.30. The fraction of sp³-hybridized carbons (Fsp3) is 0.500. The van der Waals surface area contributed by atoms with Gasteiger partial charge in [-0.2, -0.15) is 0 Å². The first-order valence-electron chi connectivity index (χ1n) is 6.36. The summed E-state index contributed by atoms with van der Waals surface area (Å²) < 4.78 is 1.19. The minimum absolute atomic E-state index is 0.257. The Morgan fingerprint density at radius 1 is 1.39 bits per heavy atom. The minimum atomic E-state index is -0.712. The smallest absolute Gasteiger partial charge is 0.303 e. The molecule has 1 fully saturated rings. The van der Waals surface area contributed by atoms with E-state index in [-0.39, 0.29) is 6.42 Å². The van der Waals surface area contributed by atoms with Crippen molar-refractivity contribution in [3.8, 4) is 0 Å². The van der Waals surface area contributed by atoms with Gasteiger partial charge >= 0.3 is 5.97 Å². The van der Waals surface area contributed by atoms with Gasteiger partial charge in [0.15, 0.2) is 0 Å². The van der Waals surface area contributed by atoms with Gasteiger partial charge in [0.25, 0.3) is 0 Å². The average Bonchev–Trinajstić information content (AvgIpc) is 2.28. The summed E-state index contributed by atoms with van der Waals surface area (Å²) in [5.41, 5.74) is 1.39. The second kappa shape index (κ2) is 6.34. The van der Waals surface area contributed by atoms with Gasteiger partial charge in [-0.15, -0.1) is 0 Å². The molecule has 18 heavy (non-hydrogen) atoms. The van der Waals surface area contributed by atoms with E-state index >= 15 is 0 Å². The van der Waals surface area contributed by atoms with E-state index in [0.29, 0.717) is 18.4 Å². The number of halogens is 1. The molecule has 1 aliphatic carbocycles. The van der Waals surface area contributed by atoms with Crippen molar-refractivity contribution in [1.82, 2.24) is 5.32 Å². The number of benzene rings is 1. The van der Waals surface area contributed by atoms with E-state index in [1.54, 1.807) is 0 Å². The Morgan fingerprint density at radius 2 is 2.11 bits per heavy atom. The Hall–Kier alpha value is -0.870. The van der Waals surface area contributed by atoms with Crippen LogP contribution in [0, 0.1) is 0 Å². The van der Waals surface area contributed by atoms with E-state index in [0.717, 1.165) is 19.4 Å². The van der Waals surface area contributed by atoms with Crippen LogP contribution >= 0.6 is 15.9 Å². The summed E-state index contributed by atoms with van der Waals surface area (Å²) in [5, 5.41) is 12.0. The molecule has 0 spiro atoms. The van der Waals surface area contributed by atoms with Crippen LogP contribution in [0.4, 0.5) is 0 Å². The molecule has 0 atom stereocenters. The van der Waals surface area contributed by atoms with Crippen molar-refractivity contribution in [2.24, 2.45) is 0 Å². The molecule has 1 aliphatic rings. The predicted molar refractivity (Wildman–Crippen MR) is 74.8 cm³/mol. The van der Waals surface area contributed by atoms with Gasteiger partial charge in [0.05, 0.1) is 0 Å². The molecule has 0 aliphatic heterocycles. The maximum Gasteiger partial charge on any atom is 0.303 e. The van der Waals surface area contributed by atoms with Crippen molar-refractivity contribution < 1.29 is 9.90 Å². The molecule has 0 saturated heterocycles. The highest BCUT2D eigenvalue weighted by atomic mass is 79.9. The quantitative estimate of drug-likeness (QED) is 0.793. The summed E-state index contributed by atoms with van der Waals surface area (Å²) in [6, 6.07) is 8.93. The second-order valence-corrected chi connectivity index (χ2v) is 5.69. The van der Waals surface area contributed by atoms with Gasteiger partial charge in [-0.05, 0) is 43.4 Å². The van der Waals surface area contributed by atoms with E-state index < -0.39 is 5.97 Å². The zero-order chi connectivity index (χ0) is 13.0. The van der Waals surface area contributed by atoms with Crippen LogP contribution in [0.25, 0.3) is 0 Å². The van der Waals surface area contributed by atoms with Crippen LogP contribution in [0.5, 0.6) is 0 Å². The zero-order valence-electron chi connectivity index (χ0n) is 10.2. The summed E-state index contributed by atoms with van der Waals surface area (Å²) in [5.74, 6) is -0.0750. The van der Waals surface area contributed by atoms with Gasteiger partial charge in [0, 0.05) is 16.9 Å². The number of aliphatic carboxylic acids is 1. The normalized spacial score (nSPS) is 22.5. The van der Waals surface area contributed by atoms with Gasteiger partial charge in [-0.1, -0.05) is 34.1 Å². The predicted octanol–water partition coefficient (Wildman–Crippen LogP) is 3.15. The maximum absolute atomic E-state index is 10.4. The van der Waals surface area contributed by atoms with Crippen molar-refractivity contribution in [2.45, 2.75) is 37.6 Å². The van der Waals surface area contributed by atoms with Crippen LogP contribution in [0.1, 0.15) is 37.2 Å². The number of hydrogen-bond acceptors (Lipinski definition) is 2. The van der Waals surface area contributed by atoms with E-state index in [4.69, 9.17) is 5.11 Å². The number of carboxylic acid groups (broad SMARTS) is 1. The molecule has 1 aromatic carbocycles. The molecule has 0 heterocycles. The molecule has 98 valence electrons. The lowest BCUT2D eigenvalue weighted by atomic mass is 9.76. The SMILES string of the molecule is O=C(O)CCCNC1CC(c2ccccc2Br)C1. The molecular weight excluding hydrogens is 294 g/mol. The van der Waals surface area contributed by atoms with Crippen molar-refractivity contribution in [3.05, 3.63) is 34.3 Å². The van der Waals surface area contributed by atoms with E-state index in [1.807, 2.05) is 6.07 Å². The average molecular weight is 312 g/mol. The molecule has 3 nitrogen and oxygen atoms in total. The van der Waals surface area contributed by atoms with Crippen molar-refractivity contribution >= 4 is 21.9 Å². The summed E-state index contributed by atoms with van der Waals surface area (Å²) in [4.78, 5) is 10.4. The van der Waals surface area contributed by atoms with Crippen LogP contribution in [0.2, 0.25) is 0 Å². The van der Waals surface area contributed by atoms with Crippen molar-refractivity contribution in [3.63, 3.8) is 0 Å². The molecular formula is C14H18BrNO2. The second-order valence-electron chi connectivity index (χ2n) is 4.84. The molecule has 2 N–H and O–H groups in total. The highest BCUT2D eigenvalue weighted by Crippen LogP contribution is 2.39. The van der Waals surface area contributed by atoms with Crippen LogP contribution in [0.15, 0.2) is 28.7 Å². The summed E-state index contributed by atoms with van der Waals surface area (Å²) >= 11 is 3.59. The van der Waals surface area contributed by atoms with Gasteiger partial charge in [0.2, 0.25) is 0 Å². The summed E-state index contributed by atoms with van der Waals surface area (Å²) in [6.45, 7) is 0.805. The zero-order valence-corrected chi connectivity index (χ0v) is 11.8. The molecule has 0 unspecified atom stereocenters. The molecule has 0 amide bonds. The molecule has 0 aromatic heterocycles. The molecule has 4 heteroatoms. The van der Waals surface area contributed by atoms with Crippen molar-refractivity contribution in [1.29, 1.82) is 0 Å². The number of carboxylic acids is 1. The van der Waals surface area contributed by atoms with Gasteiger partial charge in [0.1, 0.15) is 0 Å². The number of nitrogens with one attached hydrogen (secondary N) is 1. The lowest BCUT2D eigenvalue weighted by molar-refractivity contribution is -0.137. The van der Waals surface area contributed by atoms with Crippen LogP contribution in [-0.4, -0.2) is 23.7 Å². The Kier molecular flexibility index (Phi) is 4.78. The van der Waals surface area contributed by atoms with Crippen LogP contribution in [-0.2, 0) is 4.79 Å². The monoisotopic (exact) mass is 311 g/mol. The Labute approximate surface area is 116 Å². The molecule has 2 rings (SSSR count). The number of hydrogen-bond donors (Lipinski definition) is 2. The lowest BCUT2D eigenvalue weighted by Crippen LogP contribution is -2.40. The van der Waals surface area contributed by atoms with Crippen LogP contribution in [0.3, 0.4) is 0 Å².